The first-order chi connectivity index (χ1) is 15.5. The van der Waals surface area contributed by atoms with E-state index in [4.69, 9.17) is 11.6 Å². The van der Waals surface area contributed by atoms with Crippen molar-refractivity contribution in [1.82, 2.24) is 15.1 Å². The summed E-state index contributed by atoms with van der Waals surface area (Å²) in [6.07, 6.45) is 2.67. The molecule has 1 N–H and O–H groups in total. The number of aryl methyl sites for hydroxylation is 1. The molecule has 6 nitrogen and oxygen atoms in total. The first kappa shape index (κ1) is 22.1. The number of nitrogens with zero attached hydrogens (tertiary/aromatic N) is 3. The van der Waals surface area contributed by atoms with Gasteiger partial charge in [0.15, 0.2) is 0 Å². The predicted molar refractivity (Wildman–Crippen MR) is 127 cm³/mol. The van der Waals surface area contributed by atoms with Crippen molar-refractivity contribution in [3.63, 3.8) is 0 Å². The van der Waals surface area contributed by atoms with Crippen molar-refractivity contribution in [3.8, 4) is 5.69 Å². The molecule has 7 heteroatoms. The lowest BCUT2D eigenvalue weighted by Crippen LogP contribution is -2.43. The van der Waals surface area contributed by atoms with Gasteiger partial charge >= 0.3 is 0 Å². The van der Waals surface area contributed by atoms with Crippen LogP contribution in [0.5, 0.6) is 0 Å². The molecule has 0 bridgehead atoms. The highest BCUT2D eigenvalue weighted by molar-refractivity contribution is 6.30. The number of carbonyl (C=O) groups excluding carboxylic acids is 1. The summed E-state index contributed by atoms with van der Waals surface area (Å²) < 4.78 is 1.43. The molecular weight excluding hydrogens is 424 g/mol. The van der Waals surface area contributed by atoms with Crippen LogP contribution >= 0.6 is 11.6 Å². The fraction of sp³-hybridized carbons (Fsp3) is 0.320. The topological polar surface area (TPSA) is 67.2 Å². The van der Waals surface area contributed by atoms with Gasteiger partial charge in [-0.1, -0.05) is 42.8 Å². The average molecular weight is 451 g/mol. The maximum absolute atomic E-state index is 12.8. The molecule has 1 fully saturated rings. The van der Waals surface area contributed by atoms with E-state index in [1.807, 2.05) is 48.5 Å². The van der Waals surface area contributed by atoms with Gasteiger partial charge in [0.2, 0.25) is 5.91 Å². The average Bonchev–Trinajstić information content (AvgIpc) is 2.84. The van der Waals surface area contributed by atoms with Crippen molar-refractivity contribution in [3.05, 3.63) is 87.2 Å². The van der Waals surface area contributed by atoms with Gasteiger partial charge in [-0.3, -0.25) is 9.59 Å². The summed E-state index contributed by atoms with van der Waals surface area (Å²) in [5.41, 5.74) is 2.79. The maximum atomic E-state index is 12.8. The van der Waals surface area contributed by atoms with Crippen LogP contribution in [0.15, 0.2) is 65.5 Å². The number of carbonyl (C=O) groups is 1. The Morgan fingerprint density at radius 3 is 2.50 bits per heavy atom. The van der Waals surface area contributed by atoms with Gasteiger partial charge in [0.05, 0.1) is 11.6 Å². The number of anilines is 1. The number of aromatic nitrogens is 2. The number of rotatable bonds is 6. The van der Waals surface area contributed by atoms with E-state index in [9.17, 15) is 9.59 Å². The Hall–Kier alpha value is -3.12. The SMILES string of the molecule is CCc1ccc(-n2nc(N3CCC[C@@H](C(=O)NCc4ccc(Cl)cc4)C3)ccc2=O)cc1. The molecule has 0 aliphatic carbocycles. The van der Waals surface area contributed by atoms with Crippen LogP contribution in [0.1, 0.15) is 30.9 Å². The number of nitrogens with one attached hydrogen (secondary N) is 1. The van der Waals surface area contributed by atoms with E-state index in [2.05, 4.69) is 22.2 Å². The highest BCUT2D eigenvalue weighted by Gasteiger charge is 2.26. The maximum Gasteiger partial charge on any atom is 0.271 e. The Labute approximate surface area is 192 Å². The smallest absolute Gasteiger partial charge is 0.271 e. The number of hydrogen-bond acceptors (Lipinski definition) is 4. The van der Waals surface area contributed by atoms with Gasteiger partial charge in [0.1, 0.15) is 5.82 Å². The molecule has 0 radical (unpaired) electrons. The van der Waals surface area contributed by atoms with Gasteiger partial charge in [-0.05, 0) is 60.7 Å². The molecule has 0 saturated carbocycles. The van der Waals surface area contributed by atoms with Gasteiger partial charge < -0.3 is 10.2 Å². The second-order valence-electron chi connectivity index (χ2n) is 8.09. The Morgan fingerprint density at radius 1 is 1.06 bits per heavy atom. The molecule has 32 heavy (non-hydrogen) atoms. The number of halogens is 1. The molecule has 1 aliphatic heterocycles. The monoisotopic (exact) mass is 450 g/mol. The Balaban J connectivity index is 1.45. The molecule has 0 unspecified atom stereocenters. The zero-order chi connectivity index (χ0) is 22.5. The molecule has 1 amide bonds. The van der Waals surface area contributed by atoms with Crippen LogP contribution in [-0.2, 0) is 17.8 Å². The first-order valence-corrected chi connectivity index (χ1v) is 11.4. The minimum Gasteiger partial charge on any atom is -0.354 e. The van der Waals surface area contributed by atoms with E-state index >= 15 is 0 Å². The van der Waals surface area contributed by atoms with E-state index in [-0.39, 0.29) is 17.4 Å². The van der Waals surface area contributed by atoms with Gasteiger partial charge in [-0.15, -0.1) is 5.10 Å². The largest absolute Gasteiger partial charge is 0.354 e. The van der Waals surface area contributed by atoms with Crippen molar-refractivity contribution < 1.29 is 4.79 Å². The third-order valence-corrected chi connectivity index (χ3v) is 6.12. The number of amides is 1. The van der Waals surface area contributed by atoms with Gasteiger partial charge in [0.25, 0.3) is 5.56 Å². The molecule has 1 saturated heterocycles. The van der Waals surface area contributed by atoms with E-state index in [0.717, 1.165) is 37.1 Å². The van der Waals surface area contributed by atoms with Crippen molar-refractivity contribution in [2.75, 3.05) is 18.0 Å². The normalized spacial score (nSPS) is 16.1. The van der Waals surface area contributed by atoms with E-state index in [1.165, 1.54) is 10.2 Å². The summed E-state index contributed by atoms with van der Waals surface area (Å²) in [5, 5.41) is 8.31. The lowest BCUT2D eigenvalue weighted by atomic mass is 9.97. The molecule has 4 rings (SSSR count). The van der Waals surface area contributed by atoms with Crippen LogP contribution in [0.4, 0.5) is 5.82 Å². The number of hydrogen-bond donors (Lipinski definition) is 1. The summed E-state index contributed by atoms with van der Waals surface area (Å²) >= 11 is 5.92. The summed E-state index contributed by atoms with van der Waals surface area (Å²) in [6.45, 7) is 3.95. The highest BCUT2D eigenvalue weighted by Crippen LogP contribution is 2.22. The Kier molecular flexibility index (Phi) is 6.90. The van der Waals surface area contributed by atoms with E-state index < -0.39 is 0 Å². The van der Waals surface area contributed by atoms with Crippen molar-refractivity contribution >= 4 is 23.3 Å². The van der Waals surface area contributed by atoms with Crippen LogP contribution in [-0.4, -0.2) is 28.8 Å². The van der Waals surface area contributed by atoms with Crippen molar-refractivity contribution in [1.29, 1.82) is 0 Å². The molecule has 1 atom stereocenters. The lowest BCUT2D eigenvalue weighted by molar-refractivity contribution is -0.125. The highest BCUT2D eigenvalue weighted by atomic mass is 35.5. The summed E-state index contributed by atoms with van der Waals surface area (Å²) in [5.74, 6) is 0.620. The number of piperidine rings is 1. The summed E-state index contributed by atoms with van der Waals surface area (Å²) in [7, 11) is 0. The van der Waals surface area contributed by atoms with Crippen molar-refractivity contribution in [2.45, 2.75) is 32.7 Å². The van der Waals surface area contributed by atoms with Crippen LogP contribution in [0.25, 0.3) is 5.69 Å². The molecular formula is C25H27ClN4O2. The van der Waals surface area contributed by atoms with Crippen LogP contribution < -0.4 is 15.8 Å². The Bertz CT molecular complexity index is 1130. The summed E-state index contributed by atoms with van der Waals surface area (Å²) in [4.78, 5) is 27.3. The Morgan fingerprint density at radius 2 is 1.78 bits per heavy atom. The standard InChI is InChI=1S/C25H27ClN4O2/c1-2-18-7-11-22(12-8-18)30-24(31)14-13-23(28-30)29-15-3-4-20(17-29)25(32)27-16-19-5-9-21(26)10-6-19/h5-14,20H,2-4,15-17H2,1H3,(H,27,32)/t20-/m1/s1. The van der Waals surface area contributed by atoms with E-state index in [1.54, 1.807) is 12.1 Å². The van der Waals surface area contributed by atoms with Crippen LogP contribution in [0.2, 0.25) is 5.02 Å². The lowest BCUT2D eigenvalue weighted by Gasteiger charge is -2.33. The molecule has 166 valence electrons. The molecule has 0 spiro atoms. The second-order valence-corrected chi connectivity index (χ2v) is 8.53. The first-order valence-electron chi connectivity index (χ1n) is 11.0. The molecule has 3 aromatic rings. The third kappa shape index (κ3) is 5.19. The third-order valence-electron chi connectivity index (χ3n) is 5.87. The minimum atomic E-state index is -0.174. The quantitative estimate of drug-likeness (QED) is 0.616. The fourth-order valence-corrected chi connectivity index (χ4v) is 4.09. The minimum absolute atomic E-state index is 0.0353. The predicted octanol–water partition coefficient (Wildman–Crippen LogP) is 3.98. The zero-order valence-electron chi connectivity index (χ0n) is 18.1. The van der Waals surface area contributed by atoms with Gasteiger partial charge in [-0.25, -0.2) is 0 Å². The number of benzene rings is 2. The van der Waals surface area contributed by atoms with Crippen molar-refractivity contribution in [2.24, 2.45) is 5.92 Å². The van der Waals surface area contributed by atoms with Crippen LogP contribution in [0, 0.1) is 5.92 Å². The van der Waals surface area contributed by atoms with E-state index in [0.29, 0.717) is 23.9 Å². The zero-order valence-corrected chi connectivity index (χ0v) is 18.9. The summed E-state index contributed by atoms with van der Waals surface area (Å²) in [6, 6.07) is 18.6. The molecule has 2 heterocycles. The van der Waals surface area contributed by atoms with Gasteiger partial charge in [0, 0.05) is 30.7 Å². The molecule has 1 aromatic heterocycles. The van der Waals surface area contributed by atoms with Crippen LogP contribution in [0.3, 0.4) is 0 Å². The molecule has 1 aliphatic rings. The fourth-order valence-electron chi connectivity index (χ4n) is 3.96. The molecule has 2 aromatic carbocycles. The van der Waals surface area contributed by atoms with Gasteiger partial charge in [-0.2, -0.15) is 4.68 Å². The second kappa shape index (κ2) is 10.0.